The Balaban J connectivity index is 1.81. The Kier molecular flexibility index (Phi) is 6.25. The molecule has 0 aromatic rings. The van der Waals surface area contributed by atoms with E-state index in [1.807, 2.05) is 0 Å². The first-order valence-electron chi connectivity index (χ1n) is 5.54. The van der Waals surface area contributed by atoms with Crippen LogP contribution in [-0.2, 0) is 9.53 Å². The molecule has 1 fully saturated rings. The van der Waals surface area contributed by atoms with Crippen molar-refractivity contribution in [2.45, 2.75) is 31.7 Å². The van der Waals surface area contributed by atoms with E-state index in [1.54, 1.807) is 0 Å². The van der Waals surface area contributed by atoms with Crippen molar-refractivity contribution in [2.24, 2.45) is 0 Å². The van der Waals surface area contributed by atoms with Gasteiger partial charge in [-0.3, -0.25) is 4.79 Å². The lowest BCUT2D eigenvalue weighted by atomic mass is 10.4. The number of alkyl halides is 2. The topological polar surface area (TPSA) is 50.4 Å². The summed E-state index contributed by atoms with van der Waals surface area (Å²) < 4.78 is 27.9. The molecule has 0 aliphatic heterocycles. The highest BCUT2D eigenvalue weighted by Crippen LogP contribution is 2.18. The van der Waals surface area contributed by atoms with Crippen molar-refractivity contribution in [3.63, 3.8) is 0 Å². The van der Waals surface area contributed by atoms with Crippen molar-refractivity contribution in [2.75, 3.05) is 26.3 Å². The fourth-order valence-electron chi connectivity index (χ4n) is 1.20. The normalized spacial score (nSPS) is 15.4. The van der Waals surface area contributed by atoms with Gasteiger partial charge in [-0.2, -0.15) is 0 Å². The largest absolute Gasteiger partial charge is 0.374 e. The molecule has 16 heavy (non-hydrogen) atoms. The molecule has 6 heteroatoms. The maximum absolute atomic E-state index is 11.6. The summed E-state index contributed by atoms with van der Waals surface area (Å²) in [6, 6.07) is 0.599. The molecule has 0 spiro atoms. The van der Waals surface area contributed by atoms with E-state index >= 15 is 0 Å². The molecule has 2 N–H and O–H groups in total. The zero-order valence-electron chi connectivity index (χ0n) is 9.18. The molecule has 1 aliphatic carbocycles. The van der Waals surface area contributed by atoms with Crippen molar-refractivity contribution < 1.29 is 18.3 Å². The number of ether oxygens (including phenoxy) is 1. The Bertz CT molecular complexity index is 211. The molecule has 0 atom stereocenters. The summed E-state index contributed by atoms with van der Waals surface area (Å²) in [4.78, 5) is 11.2. The van der Waals surface area contributed by atoms with Gasteiger partial charge in [-0.1, -0.05) is 0 Å². The lowest BCUT2D eigenvalue weighted by Gasteiger charge is -2.06. The van der Waals surface area contributed by atoms with Gasteiger partial charge in [0.1, 0.15) is 6.61 Å². The molecule has 94 valence electrons. The van der Waals surface area contributed by atoms with Crippen LogP contribution in [0.5, 0.6) is 0 Å². The predicted molar refractivity (Wildman–Crippen MR) is 55.5 cm³/mol. The first kappa shape index (κ1) is 13.3. The summed E-state index contributed by atoms with van der Waals surface area (Å²) in [7, 11) is 0. The molecular weight excluding hydrogens is 218 g/mol. The molecule has 1 aliphatic rings. The lowest BCUT2D eigenvalue weighted by Crippen LogP contribution is -2.31. The highest BCUT2D eigenvalue weighted by atomic mass is 19.3. The Morgan fingerprint density at radius 2 is 2.12 bits per heavy atom. The minimum absolute atomic E-state index is 0.0752. The summed E-state index contributed by atoms with van der Waals surface area (Å²) in [5.74, 6) is -0.0752. The Hall–Kier alpha value is -0.750. The van der Waals surface area contributed by atoms with E-state index in [2.05, 4.69) is 15.4 Å². The minimum Gasteiger partial charge on any atom is -0.374 e. The standard InChI is InChI=1S/C10H18F2N2O2/c11-9(12)7-16-6-5-14-10(15)3-4-13-8-1-2-8/h8-9,13H,1-7H2,(H,14,15). The van der Waals surface area contributed by atoms with Gasteiger partial charge in [-0.15, -0.1) is 0 Å². The van der Waals surface area contributed by atoms with Crippen LogP contribution in [0.2, 0.25) is 0 Å². The molecular formula is C10H18F2N2O2. The van der Waals surface area contributed by atoms with Gasteiger partial charge in [-0.25, -0.2) is 8.78 Å². The SMILES string of the molecule is O=C(CCNC1CC1)NCCOCC(F)F. The third kappa shape index (κ3) is 7.53. The zero-order valence-corrected chi connectivity index (χ0v) is 9.18. The minimum atomic E-state index is -2.45. The van der Waals surface area contributed by atoms with Gasteiger partial charge in [0, 0.05) is 25.6 Å². The smallest absolute Gasteiger partial charge is 0.261 e. The van der Waals surface area contributed by atoms with Gasteiger partial charge >= 0.3 is 0 Å². The second-order valence-electron chi connectivity index (χ2n) is 3.79. The van der Waals surface area contributed by atoms with Crippen LogP contribution in [0.4, 0.5) is 8.78 Å². The Morgan fingerprint density at radius 1 is 1.38 bits per heavy atom. The van der Waals surface area contributed by atoms with Crippen LogP contribution < -0.4 is 10.6 Å². The van der Waals surface area contributed by atoms with Crippen LogP contribution in [0.25, 0.3) is 0 Å². The molecule has 1 amide bonds. The number of amides is 1. The Labute approximate surface area is 93.7 Å². The van der Waals surface area contributed by atoms with Crippen molar-refractivity contribution in [1.82, 2.24) is 10.6 Å². The van der Waals surface area contributed by atoms with Crippen molar-refractivity contribution >= 4 is 5.91 Å². The number of halogens is 2. The highest BCUT2D eigenvalue weighted by Gasteiger charge is 2.19. The maximum Gasteiger partial charge on any atom is 0.261 e. The van der Waals surface area contributed by atoms with E-state index < -0.39 is 13.0 Å². The molecule has 1 rings (SSSR count). The van der Waals surface area contributed by atoms with Gasteiger partial charge in [0.05, 0.1) is 6.61 Å². The fourth-order valence-corrected chi connectivity index (χ4v) is 1.20. The molecule has 0 heterocycles. The zero-order chi connectivity index (χ0) is 11.8. The number of nitrogens with one attached hydrogen (secondary N) is 2. The van der Waals surface area contributed by atoms with Gasteiger partial charge in [0.2, 0.25) is 5.91 Å². The van der Waals surface area contributed by atoms with Crippen LogP contribution in [-0.4, -0.2) is 44.7 Å². The quantitative estimate of drug-likeness (QED) is 0.574. The molecule has 0 aromatic heterocycles. The molecule has 0 aromatic carbocycles. The van der Waals surface area contributed by atoms with Gasteiger partial charge in [0.15, 0.2) is 0 Å². The van der Waals surface area contributed by atoms with Crippen molar-refractivity contribution in [3.05, 3.63) is 0 Å². The monoisotopic (exact) mass is 236 g/mol. The van der Waals surface area contributed by atoms with Crippen LogP contribution >= 0.6 is 0 Å². The van der Waals surface area contributed by atoms with E-state index in [1.165, 1.54) is 12.8 Å². The highest BCUT2D eigenvalue weighted by molar-refractivity contribution is 5.76. The predicted octanol–water partition coefficient (Wildman–Crippen LogP) is 0.526. The maximum atomic E-state index is 11.6. The van der Waals surface area contributed by atoms with Crippen LogP contribution in [0.15, 0.2) is 0 Å². The van der Waals surface area contributed by atoms with E-state index in [0.717, 1.165) is 0 Å². The molecule has 0 unspecified atom stereocenters. The molecule has 1 saturated carbocycles. The molecule has 0 bridgehead atoms. The first-order valence-corrected chi connectivity index (χ1v) is 5.54. The van der Waals surface area contributed by atoms with E-state index in [9.17, 15) is 13.6 Å². The van der Waals surface area contributed by atoms with E-state index in [-0.39, 0.29) is 19.1 Å². The van der Waals surface area contributed by atoms with Crippen molar-refractivity contribution in [3.8, 4) is 0 Å². The summed E-state index contributed by atoms with van der Waals surface area (Å²) in [5, 5.41) is 5.81. The number of carbonyl (C=O) groups excluding carboxylic acids is 1. The van der Waals surface area contributed by atoms with Gasteiger partial charge in [0.25, 0.3) is 6.43 Å². The average Bonchev–Trinajstić information content (AvgIpc) is 3.00. The van der Waals surface area contributed by atoms with E-state index in [4.69, 9.17) is 0 Å². The second-order valence-corrected chi connectivity index (χ2v) is 3.79. The third-order valence-corrected chi connectivity index (χ3v) is 2.17. The second kappa shape index (κ2) is 7.51. The summed E-state index contributed by atoms with van der Waals surface area (Å²) >= 11 is 0. The van der Waals surface area contributed by atoms with Crippen LogP contribution in [0, 0.1) is 0 Å². The third-order valence-electron chi connectivity index (χ3n) is 2.17. The number of rotatable bonds is 9. The lowest BCUT2D eigenvalue weighted by molar-refractivity contribution is -0.121. The average molecular weight is 236 g/mol. The molecule has 0 saturated heterocycles. The molecule has 0 radical (unpaired) electrons. The van der Waals surface area contributed by atoms with Crippen molar-refractivity contribution in [1.29, 1.82) is 0 Å². The van der Waals surface area contributed by atoms with Crippen LogP contribution in [0.1, 0.15) is 19.3 Å². The Morgan fingerprint density at radius 3 is 2.75 bits per heavy atom. The number of carbonyl (C=O) groups is 1. The number of hydrogen-bond donors (Lipinski definition) is 2. The van der Waals surface area contributed by atoms with Gasteiger partial charge < -0.3 is 15.4 Å². The summed E-state index contributed by atoms with van der Waals surface area (Å²) in [6.07, 6.45) is 0.371. The molecule has 4 nitrogen and oxygen atoms in total. The first-order chi connectivity index (χ1) is 7.68. The summed E-state index contributed by atoms with van der Waals surface area (Å²) in [6.45, 7) is 0.522. The fraction of sp³-hybridized carbons (Fsp3) is 0.900. The van der Waals surface area contributed by atoms with Gasteiger partial charge in [-0.05, 0) is 12.8 Å². The number of hydrogen-bond acceptors (Lipinski definition) is 3. The van der Waals surface area contributed by atoms with E-state index in [0.29, 0.717) is 19.0 Å². The summed E-state index contributed by atoms with van der Waals surface area (Å²) in [5.41, 5.74) is 0. The van der Waals surface area contributed by atoms with Crippen LogP contribution in [0.3, 0.4) is 0 Å².